The first-order valence-corrected chi connectivity index (χ1v) is 3.94. The number of hydrogen-bond acceptors (Lipinski definition) is 4. The Morgan fingerprint density at radius 1 is 0.812 bits per heavy atom. The Morgan fingerprint density at radius 3 is 1.00 bits per heavy atom. The molecule has 0 unspecified atom stereocenters. The predicted molar refractivity (Wildman–Crippen MR) is 52.0 cm³/mol. The molecule has 0 aromatic carbocycles. The van der Waals surface area contributed by atoms with Gasteiger partial charge in [-0.05, 0) is 13.8 Å². The fourth-order valence-electron chi connectivity index (χ4n) is 0.555. The van der Waals surface area contributed by atoms with Gasteiger partial charge in [0.2, 0.25) is 0 Å². The molecule has 0 aliphatic carbocycles. The number of rotatable bonds is 4. The number of ketones is 4. The molecule has 0 amide bonds. The van der Waals surface area contributed by atoms with E-state index in [0.717, 1.165) is 0 Å². The zero-order chi connectivity index (χ0) is 11.7. The molecular weight excluding hydrogens is 248 g/mol. The van der Waals surface area contributed by atoms with E-state index in [-0.39, 0.29) is 63.2 Å². The number of carbonyl (C=O) groups is 4. The van der Waals surface area contributed by atoms with E-state index in [1.807, 2.05) is 0 Å². The van der Waals surface area contributed by atoms with E-state index < -0.39 is 0 Å². The first kappa shape index (κ1) is 24.4. The predicted octanol–water partition coefficient (Wildman–Crippen LogP) is 0.616. The number of carbonyl (C=O) groups excluding carboxylic acids is 4. The molecule has 88 valence electrons. The average Bonchev–Trinajstić information content (AvgIpc) is 1.79. The molecule has 0 radical (unpaired) electrons. The van der Waals surface area contributed by atoms with Crippen LogP contribution in [0.3, 0.4) is 0 Å². The minimum absolute atomic E-state index is 0. The second-order valence-corrected chi connectivity index (χ2v) is 2.83. The van der Waals surface area contributed by atoms with Crippen LogP contribution >= 0.6 is 0 Å². The van der Waals surface area contributed by atoms with Crippen LogP contribution in [0.15, 0.2) is 0 Å². The van der Waals surface area contributed by atoms with Crippen molar-refractivity contribution in [2.24, 2.45) is 0 Å². The summed E-state index contributed by atoms with van der Waals surface area (Å²) in [5.41, 5.74) is 0. The molecule has 6 heteroatoms. The minimum atomic E-state index is -0.312. The van der Waals surface area contributed by atoms with Gasteiger partial charge in [0.15, 0.2) is 0 Å². The van der Waals surface area contributed by atoms with Crippen molar-refractivity contribution in [1.82, 2.24) is 0 Å². The molecular formula is C10H14O5Ti. The Kier molecular flexibility index (Phi) is 21.5. The van der Waals surface area contributed by atoms with Crippen molar-refractivity contribution < 1.29 is 46.4 Å². The van der Waals surface area contributed by atoms with Crippen LogP contribution in [0.25, 0.3) is 0 Å². The van der Waals surface area contributed by atoms with Crippen LogP contribution in [-0.4, -0.2) is 23.1 Å². The van der Waals surface area contributed by atoms with Gasteiger partial charge in [-0.3, -0.25) is 9.59 Å². The summed E-state index contributed by atoms with van der Waals surface area (Å²) in [5.74, 6) is -0.875. The van der Waals surface area contributed by atoms with Crippen molar-refractivity contribution in [2.45, 2.75) is 26.7 Å². The monoisotopic (exact) mass is 262 g/mol. The Morgan fingerprint density at radius 2 is 1.00 bits per heavy atom. The number of hydrogen-bond donors (Lipinski definition) is 0. The Hall–Kier alpha value is -0.906. The summed E-state index contributed by atoms with van der Waals surface area (Å²) in [6, 6.07) is 0. The van der Waals surface area contributed by atoms with Crippen molar-refractivity contribution in [1.29, 1.82) is 0 Å². The van der Waals surface area contributed by atoms with Gasteiger partial charge in [0.05, 0.1) is 0 Å². The molecule has 0 saturated carbocycles. The van der Waals surface area contributed by atoms with Gasteiger partial charge in [-0.1, -0.05) is 0 Å². The molecule has 0 spiro atoms. The van der Waals surface area contributed by atoms with Crippen LogP contribution in [0.5, 0.6) is 0 Å². The summed E-state index contributed by atoms with van der Waals surface area (Å²) in [4.78, 5) is 39.8. The van der Waals surface area contributed by atoms with Gasteiger partial charge in [-0.15, -0.1) is 0 Å². The van der Waals surface area contributed by atoms with E-state index in [2.05, 4.69) is 13.8 Å². The molecule has 0 bridgehead atoms. The van der Waals surface area contributed by atoms with Gasteiger partial charge < -0.3 is 28.9 Å². The topological polar surface area (TPSA) is 96.8 Å². The van der Waals surface area contributed by atoms with E-state index in [1.165, 1.54) is 13.8 Å². The Balaban J connectivity index is -0.0000000800. The van der Waals surface area contributed by atoms with Crippen molar-refractivity contribution in [3.63, 3.8) is 0 Å². The summed E-state index contributed by atoms with van der Waals surface area (Å²) in [6.45, 7) is 8.77. The fourth-order valence-corrected chi connectivity index (χ4v) is 0.555. The van der Waals surface area contributed by atoms with Crippen LogP contribution in [-0.2, 0) is 46.4 Å². The maximum Gasteiger partial charge on any atom is 4.00 e. The van der Waals surface area contributed by atoms with Crippen molar-refractivity contribution in [3.05, 3.63) is 13.8 Å². The van der Waals surface area contributed by atoms with Crippen LogP contribution < -0.4 is 0 Å². The molecule has 5 nitrogen and oxygen atoms in total. The smallest absolute Gasteiger partial charge is 2.00 e. The van der Waals surface area contributed by atoms with Gasteiger partial charge >= 0.3 is 21.7 Å². The first-order chi connectivity index (χ1) is 6.25. The molecule has 0 aromatic heterocycles. The van der Waals surface area contributed by atoms with Gasteiger partial charge in [0.25, 0.3) is 0 Å². The molecule has 0 aromatic rings. The molecule has 0 saturated heterocycles. The first-order valence-electron chi connectivity index (χ1n) is 3.94. The summed E-state index contributed by atoms with van der Waals surface area (Å²) in [7, 11) is 0. The SMILES string of the molecule is [CH2-]C(=O)CC(C)=O.[CH2-]C(=O)CC(C)=O.[O-2].[Ti+4]. The van der Waals surface area contributed by atoms with E-state index in [9.17, 15) is 19.2 Å². The molecule has 0 aliphatic rings. The zero-order valence-electron chi connectivity index (χ0n) is 9.37. The summed E-state index contributed by atoms with van der Waals surface area (Å²) < 4.78 is 0. The van der Waals surface area contributed by atoms with Gasteiger partial charge in [0.1, 0.15) is 11.6 Å². The maximum atomic E-state index is 9.99. The third-order valence-corrected chi connectivity index (χ3v) is 0.892. The third kappa shape index (κ3) is 38.1. The summed E-state index contributed by atoms with van der Waals surface area (Å²) in [6.07, 6.45) is -0.0556. The van der Waals surface area contributed by atoms with Gasteiger partial charge in [-0.2, -0.15) is 0 Å². The van der Waals surface area contributed by atoms with E-state index in [4.69, 9.17) is 0 Å². The van der Waals surface area contributed by atoms with Crippen LogP contribution in [0.4, 0.5) is 0 Å². The summed E-state index contributed by atoms with van der Waals surface area (Å²) in [5, 5.41) is 0. The van der Waals surface area contributed by atoms with E-state index in [1.54, 1.807) is 0 Å². The normalized spacial score (nSPS) is 7.12. The van der Waals surface area contributed by atoms with E-state index in [0.29, 0.717) is 0 Å². The van der Waals surface area contributed by atoms with Gasteiger partial charge in [-0.25, -0.2) is 0 Å². The molecule has 0 N–H and O–H groups in total. The molecule has 0 rings (SSSR count). The quantitative estimate of drug-likeness (QED) is 0.421. The van der Waals surface area contributed by atoms with Gasteiger partial charge in [0, 0.05) is 24.4 Å². The molecule has 0 fully saturated rings. The maximum absolute atomic E-state index is 9.99. The number of Topliss-reactive ketones (excluding diaryl/α,β-unsaturated/α-hetero) is 4. The largest absolute Gasteiger partial charge is 4.00 e. The molecule has 0 atom stereocenters. The second kappa shape index (κ2) is 14.1. The van der Waals surface area contributed by atoms with Crippen LogP contribution in [0.1, 0.15) is 26.7 Å². The molecule has 16 heavy (non-hydrogen) atoms. The minimum Gasteiger partial charge on any atom is -2.00 e. The third-order valence-electron chi connectivity index (χ3n) is 0.892. The van der Waals surface area contributed by atoms with Crippen molar-refractivity contribution in [2.75, 3.05) is 0 Å². The average molecular weight is 262 g/mol. The van der Waals surface area contributed by atoms with Crippen LogP contribution in [0.2, 0.25) is 0 Å². The molecule has 0 heterocycles. The van der Waals surface area contributed by atoms with Crippen LogP contribution in [0, 0.1) is 13.8 Å². The van der Waals surface area contributed by atoms with E-state index >= 15 is 0 Å². The summed E-state index contributed by atoms with van der Waals surface area (Å²) >= 11 is 0. The standard InChI is InChI=1S/2C5H7O2.O.Ti/c2*1-4(6)3-5(2)7;;/h2*1,3H2,2H3;;/q2*-1;-2;+4. The Labute approximate surface area is 110 Å². The zero-order valence-corrected chi connectivity index (χ0v) is 10.9. The van der Waals surface area contributed by atoms with Crippen molar-refractivity contribution >= 4 is 23.1 Å². The molecule has 0 aliphatic heterocycles. The fraction of sp³-hybridized carbons (Fsp3) is 0.400. The van der Waals surface area contributed by atoms with Crippen molar-refractivity contribution in [3.8, 4) is 0 Å². The Bertz CT molecular complexity index is 198. The second-order valence-electron chi connectivity index (χ2n) is 2.83.